The second-order valence-electron chi connectivity index (χ2n) is 4.63. The maximum absolute atomic E-state index is 13.5. The first kappa shape index (κ1) is 14.1. The van der Waals surface area contributed by atoms with Crippen molar-refractivity contribution in [1.82, 2.24) is 0 Å². The van der Waals surface area contributed by atoms with Crippen molar-refractivity contribution in [2.75, 3.05) is 5.32 Å². The van der Waals surface area contributed by atoms with Gasteiger partial charge in [0, 0.05) is 11.8 Å². The molecule has 2 aromatic carbocycles. The van der Waals surface area contributed by atoms with E-state index in [4.69, 9.17) is 4.74 Å². The normalized spacial score (nSPS) is 10.4. The molecule has 2 aromatic rings. The lowest BCUT2D eigenvalue weighted by atomic mass is 10.2. The number of carbonyl (C=O) groups excluding carboxylic acids is 1. The van der Waals surface area contributed by atoms with Gasteiger partial charge in [-0.05, 0) is 38.1 Å². The SMILES string of the molecule is CC(C)Oc1cccc(NC(=O)c2ccccc2F)c1. The van der Waals surface area contributed by atoms with E-state index in [9.17, 15) is 9.18 Å². The molecule has 0 fully saturated rings. The number of hydrogen-bond donors (Lipinski definition) is 1. The van der Waals surface area contributed by atoms with Crippen molar-refractivity contribution < 1.29 is 13.9 Å². The Morgan fingerprint density at radius 1 is 1.15 bits per heavy atom. The van der Waals surface area contributed by atoms with E-state index in [2.05, 4.69) is 5.32 Å². The first-order valence-corrected chi connectivity index (χ1v) is 6.39. The van der Waals surface area contributed by atoms with Gasteiger partial charge in [-0.2, -0.15) is 0 Å². The molecule has 0 radical (unpaired) electrons. The minimum Gasteiger partial charge on any atom is -0.491 e. The first-order valence-electron chi connectivity index (χ1n) is 6.39. The fourth-order valence-electron chi connectivity index (χ4n) is 1.76. The number of nitrogens with one attached hydrogen (secondary N) is 1. The van der Waals surface area contributed by atoms with Crippen LogP contribution in [0, 0.1) is 5.82 Å². The van der Waals surface area contributed by atoms with E-state index in [1.165, 1.54) is 12.1 Å². The fraction of sp³-hybridized carbons (Fsp3) is 0.188. The van der Waals surface area contributed by atoms with Crippen LogP contribution in [0.5, 0.6) is 5.75 Å². The number of ether oxygens (including phenoxy) is 1. The molecule has 0 saturated carbocycles. The lowest BCUT2D eigenvalue weighted by Crippen LogP contribution is -2.14. The van der Waals surface area contributed by atoms with Crippen LogP contribution in [0.3, 0.4) is 0 Å². The average molecular weight is 273 g/mol. The molecule has 0 atom stereocenters. The summed E-state index contributed by atoms with van der Waals surface area (Å²) in [5, 5.41) is 2.65. The van der Waals surface area contributed by atoms with Crippen LogP contribution >= 0.6 is 0 Å². The van der Waals surface area contributed by atoms with Crippen LogP contribution in [0.25, 0.3) is 0 Å². The smallest absolute Gasteiger partial charge is 0.258 e. The highest BCUT2D eigenvalue weighted by Crippen LogP contribution is 2.19. The van der Waals surface area contributed by atoms with Crippen LogP contribution in [0.4, 0.5) is 10.1 Å². The third-order valence-electron chi connectivity index (χ3n) is 2.58. The van der Waals surface area contributed by atoms with Crippen LogP contribution in [0.2, 0.25) is 0 Å². The van der Waals surface area contributed by atoms with Gasteiger partial charge in [0.2, 0.25) is 0 Å². The largest absolute Gasteiger partial charge is 0.491 e. The molecule has 3 nitrogen and oxygen atoms in total. The van der Waals surface area contributed by atoms with Crippen LogP contribution in [-0.2, 0) is 0 Å². The molecule has 1 amide bonds. The molecule has 1 N–H and O–H groups in total. The molecule has 0 aliphatic rings. The van der Waals surface area contributed by atoms with E-state index in [0.29, 0.717) is 11.4 Å². The highest BCUT2D eigenvalue weighted by Gasteiger charge is 2.11. The van der Waals surface area contributed by atoms with Gasteiger partial charge in [0.25, 0.3) is 5.91 Å². The summed E-state index contributed by atoms with van der Waals surface area (Å²) in [6.45, 7) is 3.84. The highest BCUT2D eigenvalue weighted by molar-refractivity contribution is 6.04. The number of rotatable bonds is 4. The van der Waals surface area contributed by atoms with Crippen LogP contribution in [0.1, 0.15) is 24.2 Å². The van der Waals surface area contributed by atoms with Gasteiger partial charge in [-0.15, -0.1) is 0 Å². The van der Waals surface area contributed by atoms with E-state index in [-0.39, 0.29) is 11.7 Å². The van der Waals surface area contributed by atoms with Crippen molar-refractivity contribution in [2.24, 2.45) is 0 Å². The van der Waals surface area contributed by atoms with E-state index in [1.807, 2.05) is 13.8 Å². The second-order valence-corrected chi connectivity index (χ2v) is 4.63. The number of anilines is 1. The summed E-state index contributed by atoms with van der Waals surface area (Å²) < 4.78 is 19.0. The number of carbonyl (C=O) groups is 1. The molecule has 0 saturated heterocycles. The topological polar surface area (TPSA) is 38.3 Å². The van der Waals surface area contributed by atoms with E-state index >= 15 is 0 Å². The van der Waals surface area contributed by atoms with Crippen molar-refractivity contribution in [3.8, 4) is 5.75 Å². The zero-order chi connectivity index (χ0) is 14.5. The molecule has 0 aromatic heterocycles. The van der Waals surface area contributed by atoms with Gasteiger partial charge < -0.3 is 10.1 Å². The molecule has 2 rings (SSSR count). The molecular formula is C16H16FNO2. The van der Waals surface area contributed by atoms with Gasteiger partial charge >= 0.3 is 0 Å². The average Bonchev–Trinajstić information content (AvgIpc) is 2.38. The van der Waals surface area contributed by atoms with Crippen LogP contribution in [0.15, 0.2) is 48.5 Å². The Morgan fingerprint density at radius 2 is 1.90 bits per heavy atom. The Hall–Kier alpha value is -2.36. The molecule has 0 unspecified atom stereocenters. The maximum atomic E-state index is 13.5. The van der Waals surface area contributed by atoms with Crippen molar-refractivity contribution in [3.63, 3.8) is 0 Å². The number of amides is 1. The summed E-state index contributed by atoms with van der Waals surface area (Å²) in [5.74, 6) is -0.365. The third kappa shape index (κ3) is 3.57. The maximum Gasteiger partial charge on any atom is 0.258 e. The summed E-state index contributed by atoms with van der Waals surface area (Å²) >= 11 is 0. The predicted octanol–water partition coefficient (Wildman–Crippen LogP) is 3.87. The van der Waals surface area contributed by atoms with Crippen LogP contribution < -0.4 is 10.1 Å². The molecule has 20 heavy (non-hydrogen) atoms. The molecule has 0 aliphatic carbocycles. The summed E-state index contributed by atoms with van der Waals surface area (Å²) in [7, 11) is 0. The van der Waals surface area contributed by atoms with Crippen molar-refractivity contribution in [3.05, 3.63) is 59.9 Å². The van der Waals surface area contributed by atoms with E-state index in [1.54, 1.807) is 36.4 Å². The van der Waals surface area contributed by atoms with Crippen molar-refractivity contribution >= 4 is 11.6 Å². The minimum atomic E-state index is -0.542. The Morgan fingerprint density at radius 3 is 2.60 bits per heavy atom. The number of hydrogen-bond acceptors (Lipinski definition) is 2. The van der Waals surface area contributed by atoms with Gasteiger partial charge in [0.15, 0.2) is 0 Å². The van der Waals surface area contributed by atoms with E-state index in [0.717, 1.165) is 0 Å². The number of benzene rings is 2. The van der Waals surface area contributed by atoms with Gasteiger partial charge in [-0.1, -0.05) is 18.2 Å². The summed E-state index contributed by atoms with van der Waals surface area (Å²) in [4.78, 5) is 12.0. The quantitative estimate of drug-likeness (QED) is 0.918. The molecule has 104 valence electrons. The molecular weight excluding hydrogens is 257 g/mol. The Kier molecular flexibility index (Phi) is 4.35. The Balaban J connectivity index is 2.14. The zero-order valence-electron chi connectivity index (χ0n) is 11.4. The van der Waals surface area contributed by atoms with Gasteiger partial charge in [0.05, 0.1) is 11.7 Å². The number of halogens is 1. The lowest BCUT2D eigenvalue weighted by Gasteiger charge is -2.11. The molecule has 0 aliphatic heterocycles. The molecule has 4 heteroatoms. The summed E-state index contributed by atoms with van der Waals surface area (Å²) in [6.07, 6.45) is 0.0486. The summed E-state index contributed by atoms with van der Waals surface area (Å²) in [5.41, 5.74) is 0.582. The Bertz CT molecular complexity index is 611. The Labute approximate surface area is 117 Å². The van der Waals surface area contributed by atoms with Gasteiger partial charge in [0.1, 0.15) is 11.6 Å². The highest BCUT2D eigenvalue weighted by atomic mass is 19.1. The fourth-order valence-corrected chi connectivity index (χ4v) is 1.76. The zero-order valence-corrected chi connectivity index (χ0v) is 11.4. The standard InChI is InChI=1S/C16H16FNO2/c1-11(2)20-13-7-5-6-12(10-13)18-16(19)14-8-3-4-9-15(14)17/h3-11H,1-2H3,(H,18,19). The van der Waals surface area contributed by atoms with E-state index < -0.39 is 11.7 Å². The molecule has 0 spiro atoms. The molecule has 0 heterocycles. The first-order chi connectivity index (χ1) is 9.56. The monoisotopic (exact) mass is 273 g/mol. The van der Waals surface area contributed by atoms with Crippen LogP contribution in [-0.4, -0.2) is 12.0 Å². The predicted molar refractivity (Wildman–Crippen MR) is 76.6 cm³/mol. The van der Waals surface area contributed by atoms with Gasteiger partial charge in [-0.25, -0.2) is 4.39 Å². The minimum absolute atomic E-state index is 0.0164. The lowest BCUT2D eigenvalue weighted by molar-refractivity contribution is 0.102. The summed E-state index contributed by atoms with van der Waals surface area (Å²) in [6, 6.07) is 12.9. The van der Waals surface area contributed by atoms with Gasteiger partial charge in [-0.3, -0.25) is 4.79 Å². The second kappa shape index (κ2) is 6.19. The molecule has 0 bridgehead atoms. The van der Waals surface area contributed by atoms with Crippen molar-refractivity contribution in [1.29, 1.82) is 0 Å². The third-order valence-corrected chi connectivity index (χ3v) is 2.58. The van der Waals surface area contributed by atoms with Crippen molar-refractivity contribution in [2.45, 2.75) is 20.0 Å².